The Kier molecular flexibility index (Phi) is 5.87. The summed E-state index contributed by atoms with van der Waals surface area (Å²) in [5, 5.41) is 11.4. The third-order valence-corrected chi connectivity index (χ3v) is 5.70. The Morgan fingerprint density at radius 2 is 1.79 bits per heavy atom. The maximum Gasteiger partial charge on any atom is 0.300 e. The highest BCUT2D eigenvalue weighted by atomic mass is 16.5. The largest absolute Gasteiger partial charge is 0.507 e. The number of aliphatic hydroxyl groups excluding tert-OH is 1. The van der Waals surface area contributed by atoms with E-state index >= 15 is 0 Å². The standard InChI is InChI=1S/C26H24N2O5/c1-15-8-9-16(2)20(13-15)28-23(19-7-5-6-12-27-19)22(25(30)26(28)31)24(29)18-14-17(32-3)10-11-21(18)33-4/h5-14,23,29H,1-4H3/b24-22+. The van der Waals surface area contributed by atoms with Gasteiger partial charge < -0.3 is 14.6 Å². The topological polar surface area (TPSA) is 89.0 Å². The number of nitrogens with zero attached hydrogens (tertiary/aromatic N) is 2. The van der Waals surface area contributed by atoms with Gasteiger partial charge in [0.2, 0.25) is 0 Å². The second-order valence-electron chi connectivity index (χ2n) is 7.78. The van der Waals surface area contributed by atoms with Crippen LogP contribution in [0, 0.1) is 13.8 Å². The number of aryl methyl sites for hydroxylation is 2. The molecule has 0 bridgehead atoms. The minimum atomic E-state index is -0.914. The number of anilines is 1. The average Bonchev–Trinajstić information content (AvgIpc) is 3.10. The smallest absolute Gasteiger partial charge is 0.300 e. The Morgan fingerprint density at radius 1 is 1.00 bits per heavy atom. The number of rotatable bonds is 5. The van der Waals surface area contributed by atoms with E-state index in [9.17, 15) is 14.7 Å². The lowest BCUT2D eigenvalue weighted by molar-refractivity contribution is -0.132. The maximum absolute atomic E-state index is 13.3. The normalized spacial score (nSPS) is 17.3. The lowest BCUT2D eigenvalue weighted by Gasteiger charge is -2.26. The monoisotopic (exact) mass is 444 g/mol. The molecular weight excluding hydrogens is 420 g/mol. The first-order chi connectivity index (χ1) is 15.9. The predicted molar refractivity (Wildman–Crippen MR) is 124 cm³/mol. The van der Waals surface area contributed by atoms with Crippen LogP contribution in [0.25, 0.3) is 5.76 Å². The van der Waals surface area contributed by atoms with E-state index in [0.29, 0.717) is 22.9 Å². The number of aromatic nitrogens is 1. The van der Waals surface area contributed by atoms with E-state index < -0.39 is 17.7 Å². The molecular formula is C26H24N2O5. The molecule has 0 aliphatic carbocycles. The van der Waals surface area contributed by atoms with E-state index in [1.165, 1.54) is 19.1 Å². The van der Waals surface area contributed by atoms with Gasteiger partial charge in [-0.05, 0) is 61.4 Å². The molecule has 168 valence electrons. The highest BCUT2D eigenvalue weighted by Crippen LogP contribution is 2.44. The molecule has 0 spiro atoms. The third-order valence-electron chi connectivity index (χ3n) is 5.70. The molecule has 2 heterocycles. The number of hydrogen-bond acceptors (Lipinski definition) is 6. The number of amides is 1. The van der Waals surface area contributed by atoms with Crippen LogP contribution < -0.4 is 14.4 Å². The molecule has 0 saturated carbocycles. The fraction of sp³-hybridized carbons (Fsp3) is 0.192. The molecule has 7 heteroatoms. The number of ether oxygens (including phenoxy) is 2. The molecule has 1 fully saturated rings. The number of Topliss-reactive ketones (excluding diaryl/α,β-unsaturated/α-hetero) is 1. The summed E-state index contributed by atoms with van der Waals surface area (Å²) in [5.74, 6) is -1.08. The fourth-order valence-corrected chi connectivity index (χ4v) is 4.02. The summed E-state index contributed by atoms with van der Waals surface area (Å²) in [6, 6.07) is 14.9. The molecule has 1 aromatic heterocycles. The van der Waals surface area contributed by atoms with Crippen molar-refractivity contribution in [1.82, 2.24) is 4.98 Å². The summed E-state index contributed by atoms with van der Waals surface area (Å²) in [4.78, 5) is 32.5. The van der Waals surface area contributed by atoms with Gasteiger partial charge in [0, 0.05) is 11.9 Å². The second kappa shape index (κ2) is 8.78. The van der Waals surface area contributed by atoms with Gasteiger partial charge in [-0.1, -0.05) is 18.2 Å². The minimum absolute atomic E-state index is 0.0637. The molecule has 1 N–H and O–H groups in total. The Bertz CT molecular complexity index is 1270. The van der Waals surface area contributed by atoms with Crippen molar-refractivity contribution >= 4 is 23.1 Å². The summed E-state index contributed by atoms with van der Waals surface area (Å²) in [6.45, 7) is 3.78. The maximum atomic E-state index is 13.3. The molecule has 7 nitrogen and oxygen atoms in total. The van der Waals surface area contributed by atoms with Crippen LogP contribution in [-0.2, 0) is 9.59 Å². The third kappa shape index (κ3) is 3.82. The number of carbonyl (C=O) groups is 2. The molecule has 1 amide bonds. The first kappa shape index (κ1) is 22.1. The Hall–Kier alpha value is -4.13. The minimum Gasteiger partial charge on any atom is -0.507 e. The summed E-state index contributed by atoms with van der Waals surface area (Å²) in [5.41, 5.74) is 2.99. The molecule has 1 saturated heterocycles. The molecule has 0 radical (unpaired) electrons. The van der Waals surface area contributed by atoms with Crippen LogP contribution in [0.15, 0.2) is 66.4 Å². The van der Waals surface area contributed by atoms with Crippen LogP contribution in [0.2, 0.25) is 0 Å². The van der Waals surface area contributed by atoms with Crippen molar-refractivity contribution in [1.29, 1.82) is 0 Å². The van der Waals surface area contributed by atoms with Crippen LogP contribution in [0.4, 0.5) is 5.69 Å². The van der Waals surface area contributed by atoms with Crippen molar-refractivity contribution in [2.24, 2.45) is 0 Å². The van der Waals surface area contributed by atoms with Gasteiger partial charge in [0.25, 0.3) is 11.7 Å². The van der Waals surface area contributed by atoms with Gasteiger partial charge in [-0.2, -0.15) is 0 Å². The van der Waals surface area contributed by atoms with Gasteiger partial charge in [0.05, 0.1) is 31.1 Å². The summed E-state index contributed by atoms with van der Waals surface area (Å²) in [7, 11) is 2.96. The SMILES string of the molecule is COc1ccc(OC)c(/C(O)=C2\C(=O)C(=O)N(c3cc(C)ccc3C)C2c2ccccn2)c1. The number of hydrogen-bond donors (Lipinski definition) is 1. The van der Waals surface area contributed by atoms with E-state index in [-0.39, 0.29) is 16.9 Å². The first-order valence-electron chi connectivity index (χ1n) is 10.4. The predicted octanol–water partition coefficient (Wildman–Crippen LogP) is 4.34. The Balaban J connectivity index is 2.01. The number of carbonyl (C=O) groups excluding carboxylic acids is 2. The van der Waals surface area contributed by atoms with E-state index in [0.717, 1.165) is 11.1 Å². The van der Waals surface area contributed by atoms with Gasteiger partial charge in [-0.3, -0.25) is 19.5 Å². The first-order valence-corrected chi connectivity index (χ1v) is 10.4. The molecule has 3 aromatic rings. The van der Waals surface area contributed by atoms with Crippen molar-refractivity contribution in [2.45, 2.75) is 19.9 Å². The molecule has 1 aliphatic rings. The van der Waals surface area contributed by atoms with Gasteiger partial charge in [-0.15, -0.1) is 0 Å². The van der Waals surface area contributed by atoms with Gasteiger partial charge in [-0.25, -0.2) is 0 Å². The summed E-state index contributed by atoms with van der Waals surface area (Å²) >= 11 is 0. The highest BCUT2D eigenvalue weighted by Gasteiger charge is 2.48. The molecule has 1 atom stereocenters. The highest BCUT2D eigenvalue weighted by molar-refractivity contribution is 6.51. The molecule has 1 unspecified atom stereocenters. The van der Waals surface area contributed by atoms with Crippen LogP contribution in [-0.4, -0.2) is 36.0 Å². The lowest BCUT2D eigenvalue weighted by Crippen LogP contribution is -2.30. The number of methoxy groups -OCH3 is 2. The lowest BCUT2D eigenvalue weighted by atomic mass is 9.97. The Labute approximate surface area is 191 Å². The number of pyridine rings is 1. The zero-order valence-electron chi connectivity index (χ0n) is 18.8. The number of ketones is 1. The average molecular weight is 444 g/mol. The van der Waals surface area contributed by atoms with Crippen molar-refractivity contribution in [3.8, 4) is 11.5 Å². The van der Waals surface area contributed by atoms with Gasteiger partial charge in [0.1, 0.15) is 23.3 Å². The van der Waals surface area contributed by atoms with Crippen molar-refractivity contribution in [2.75, 3.05) is 19.1 Å². The van der Waals surface area contributed by atoms with Crippen molar-refractivity contribution < 1.29 is 24.2 Å². The van der Waals surface area contributed by atoms with E-state index in [2.05, 4.69) is 4.98 Å². The van der Waals surface area contributed by atoms with Crippen LogP contribution >= 0.6 is 0 Å². The molecule has 4 rings (SSSR count). The second-order valence-corrected chi connectivity index (χ2v) is 7.78. The number of benzene rings is 2. The Morgan fingerprint density at radius 3 is 2.45 bits per heavy atom. The molecule has 2 aromatic carbocycles. The molecule has 33 heavy (non-hydrogen) atoms. The van der Waals surface area contributed by atoms with Gasteiger partial charge >= 0.3 is 0 Å². The number of aliphatic hydroxyl groups is 1. The summed E-state index contributed by atoms with van der Waals surface area (Å²) in [6.07, 6.45) is 1.59. The van der Waals surface area contributed by atoms with Crippen LogP contribution in [0.5, 0.6) is 11.5 Å². The summed E-state index contributed by atoms with van der Waals surface area (Å²) < 4.78 is 10.7. The quantitative estimate of drug-likeness (QED) is 0.358. The van der Waals surface area contributed by atoms with E-state index in [4.69, 9.17) is 9.47 Å². The molecule has 1 aliphatic heterocycles. The van der Waals surface area contributed by atoms with E-state index in [1.54, 1.807) is 42.6 Å². The zero-order valence-corrected chi connectivity index (χ0v) is 18.8. The van der Waals surface area contributed by atoms with Crippen LogP contribution in [0.1, 0.15) is 28.4 Å². The van der Waals surface area contributed by atoms with Crippen LogP contribution in [0.3, 0.4) is 0 Å². The van der Waals surface area contributed by atoms with Gasteiger partial charge in [0.15, 0.2) is 0 Å². The fourth-order valence-electron chi connectivity index (χ4n) is 4.02. The van der Waals surface area contributed by atoms with Crippen molar-refractivity contribution in [3.05, 3.63) is 88.8 Å². The van der Waals surface area contributed by atoms with Crippen molar-refractivity contribution in [3.63, 3.8) is 0 Å². The van der Waals surface area contributed by atoms with E-state index in [1.807, 2.05) is 32.0 Å². The zero-order chi connectivity index (χ0) is 23.7.